The number of nitrogens with one attached hydrogen (secondary N) is 2. The molecular formula is C30H29N3O5. The van der Waals surface area contributed by atoms with Crippen LogP contribution >= 0.6 is 0 Å². The fourth-order valence-electron chi connectivity index (χ4n) is 4.04. The number of rotatable bonds is 10. The largest absolute Gasteiger partial charge is 0.497 e. The molecule has 0 bridgehead atoms. The van der Waals surface area contributed by atoms with E-state index >= 15 is 0 Å². The number of benzene rings is 3. The SMILES string of the molecule is COc1ccc(-c2cnc(NCCOc3ccccc3)c(C(=O)NCC3COc4ccccc4O3)c2)cc1. The second kappa shape index (κ2) is 12.0. The Morgan fingerprint density at radius 3 is 2.50 bits per heavy atom. The molecule has 1 atom stereocenters. The fourth-order valence-corrected chi connectivity index (χ4v) is 4.04. The molecular weight excluding hydrogens is 482 g/mol. The molecule has 194 valence electrons. The van der Waals surface area contributed by atoms with Crippen LogP contribution in [0.4, 0.5) is 5.82 Å². The Morgan fingerprint density at radius 2 is 1.71 bits per heavy atom. The van der Waals surface area contributed by atoms with Crippen molar-refractivity contribution < 1.29 is 23.7 Å². The van der Waals surface area contributed by atoms with E-state index in [1.165, 1.54) is 0 Å². The van der Waals surface area contributed by atoms with Gasteiger partial charge in [0.05, 0.1) is 25.8 Å². The number of methoxy groups -OCH3 is 1. The number of anilines is 1. The minimum atomic E-state index is -0.303. The van der Waals surface area contributed by atoms with Gasteiger partial charge in [-0.1, -0.05) is 42.5 Å². The van der Waals surface area contributed by atoms with E-state index in [-0.39, 0.29) is 18.6 Å². The molecule has 0 spiro atoms. The second-order valence-corrected chi connectivity index (χ2v) is 8.64. The summed E-state index contributed by atoms with van der Waals surface area (Å²) in [5.74, 6) is 3.13. The van der Waals surface area contributed by atoms with Crippen LogP contribution in [0.25, 0.3) is 11.1 Å². The van der Waals surface area contributed by atoms with Gasteiger partial charge in [0, 0.05) is 11.8 Å². The van der Waals surface area contributed by atoms with Crippen molar-refractivity contribution in [3.05, 3.63) is 96.7 Å². The summed E-state index contributed by atoms with van der Waals surface area (Å²) in [6, 6.07) is 26.5. The number of aromatic nitrogens is 1. The average molecular weight is 512 g/mol. The van der Waals surface area contributed by atoms with Crippen molar-refractivity contribution in [2.45, 2.75) is 6.10 Å². The zero-order valence-corrected chi connectivity index (χ0v) is 21.1. The van der Waals surface area contributed by atoms with E-state index in [0.717, 1.165) is 22.6 Å². The van der Waals surface area contributed by atoms with Crippen LogP contribution < -0.4 is 29.6 Å². The molecule has 0 saturated heterocycles. The van der Waals surface area contributed by atoms with Gasteiger partial charge in [-0.2, -0.15) is 0 Å². The van der Waals surface area contributed by atoms with Gasteiger partial charge in [-0.3, -0.25) is 4.79 Å². The first kappa shape index (κ1) is 25.0. The van der Waals surface area contributed by atoms with Gasteiger partial charge < -0.3 is 29.6 Å². The van der Waals surface area contributed by atoms with Crippen molar-refractivity contribution in [1.82, 2.24) is 10.3 Å². The number of amides is 1. The summed E-state index contributed by atoms with van der Waals surface area (Å²) in [5.41, 5.74) is 2.16. The Kier molecular flexibility index (Phi) is 7.89. The van der Waals surface area contributed by atoms with E-state index in [2.05, 4.69) is 15.6 Å². The predicted octanol–water partition coefficient (Wildman–Crippen LogP) is 4.82. The maximum Gasteiger partial charge on any atom is 0.255 e. The Morgan fingerprint density at radius 1 is 0.947 bits per heavy atom. The minimum absolute atomic E-state index is 0.262. The molecule has 0 saturated carbocycles. The lowest BCUT2D eigenvalue weighted by molar-refractivity contribution is 0.0789. The van der Waals surface area contributed by atoms with Crippen LogP contribution in [0, 0.1) is 0 Å². The molecule has 1 aromatic heterocycles. The molecule has 4 aromatic rings. The number of hydrogen-bond acceptors (Lipinski definition) is 7. The van der Waals surface area contributed by atoms with Gasteiger partial charge in [-0.15, -0.1) is 0 Å². The van der Waals surface area contributed by atoms with Crippen molar-refractivity contribution in [2.75, 3.05) is 38.7 Å². The molecule has 1 aliphatic heterocycles. The standard InChI is InChI=1S/C30H29N3O5/c1-35-23-13-11-21(12-14-23)22-17-26(29(32-18-22)31-15-16-36-24-7-3-2-4-8-24)30(34)33-19-25-20-37-27-9-5-6-10-28(27)38-25/h2-14,17-18,25H,15-16,19-20H2,1H3,(H,31,32)(H,33,34). The average Bonchev–Trinajstić information content (AvgIpc) is 2.98. The Hall–Kier alpha value is -4.72. The fraction of sp³-hybridized carbons (Fsp3) is 0.200. The third-order valence-electron chi connectivity index (χ3n) is 6.02. The molecule has 1 unspecified atom stereocenters. The number of ether oxygens (including phenoxy) is 4. The van der Waals surface area contributed by atoms with Crippen LogP contribution in [-0.2, 0) is 0 Å². The monoisotopic (exact) mass is 511 g/mol. The summed E-state index contributed by atoms with van der Waals surface area (Å²) >= 11 is 0. The van der Waals surface area contributed by atoms with Crippen molar-refractivity contribution in [3.8, 4) is 34.1 Å². The number of carbonyl (C=O) groups is 1. The summed E-state index contributed by atoms with van der Waals surface area (Å²) in [6.45, 7) is 1.53. The molecule has 8 heteroatoms. The number of fused-ring (bicyclic) bond motifs is 1. The number of pyridine rings is 1. The van der Waals surface area contributed by atoms with Crippen LogP contribution in [0.1, 0.15) is 10.4 Å². The Labute approximate surface area is 221 Å². The first-order valence-corrected chi connectivity index (χ1v) is 12.4. The van der Waals surface area contributed by atoms with Crippen LogP contribution in [0.3, 0.4) is 0 Å². The van der Waals surface area contributed by atoms with E-state index in [9.17, 15) is 4.79 Å². The van der Waals surface area contributed by atoms with Crippen molar-refractivity contribution in [3.63, 3.8) is 0 Å². The summed E-state index contributed by atoms with van der Waals surface area (Å²) in [4.78, 5) is 17.9. The summed E-state index contributed by atoms with van der Waals surface area (Å²) in [5, 5.41) is 6.22. The smallest absolute Gasteiger partial charge is 0.255 e. The van der Waals surface area contributed by atoms with Gasteiger partial charge in [0.15, 0.2) is 11.5 Å². The molecule has 0 aliphatic carbocycles. The predicted molar refractivity (Wildman–Crippen MR) is 145 cm³/mol. The van der Waals surface area contributed by atoms with Gasteiger partial charge in [0.2, 0.25) is 0 Å². The molecule has 0 fully saturated rings. The van der Waals surface area contributed by atoms with Gasteiger partial charge >= 0.3 is 0 Å². The highest BCUT2D eigenvalue weighted by molar-refractivity contribution is 6.00. The zero-order valence-electron chi connectivity index (χ0n) is 21.1. The molecule has 2 N–H and O–H groups in total. The first-order valence-electron chi connectivity index (χ1n) is 12.4. The Balaban J connectivity index is 1.28. The van der Waals surface area contributed by atoms with Gasteiger partial charge in [-0.25, -0.2) is 4.98 Å². The maximum absolute atomic E-state index is 13.4. The summed E-state index contributed by atoms with van der Waals surface area (Å²) in [6.07, 6.45) is 1.44. The van der Waals surface area contributed by atoms with Gasteiger partial charge in [0.25, 0.3) is 5.91 Å². The highest BCUT2D eigenvalue weighted by atomic mass is 16.6. The first-order chi connectivity index (χ1) is 18.7. The summed E-state index contributed by atoms with van der Waals surface area (Å²) in [7, 11) is 1.63. The number of para-hydroxylation sites is 3. The van der Waals surface area contributed by atoms with Crippen LogP contribution in [-0.4, -0.2) is 50.4 Å². The lowest BCUT2D eigenvalue weighted by Crippen LogP contribution is -2.41. The van der Waals surface area contributed by atoms with Crippen LogP contribution in [0.5, 0.6) is 23.0 Å². The Bertz CT molecular complexity index is 1360. The maximum atomic E-state index is 13.4. The highest BCUT2D eigenvalue weighted by Crippen LogP contribution is 2.31. The van der Waals surface area contributed by atoms with Crippen LogP contribution in [0.15, 0.2) is 91.1 Å². The number of carbonyl (C=O) groups excluding carboxylic acids is 1. The van der Waals surface area contributed by atoms with Crippen molar-refractivity contribution >= 4 is 11.7 Å². The number of hydrogen-bond donors (Lipinski definition) is 2. The van der Waals surface area contributed by atoms with E-state index in [1.54, 1.807) is 13.3 Å². The number of nitrogens with zero attached hydrogens (tertiary/aromatic N) is 1. The van der Waals surface area contributed by atoms with E-state index in [0.29, 0.717) is 42.6 Å². The molecule has 1 amide bonds. The molecule has 2 heterocycles. The quantitative estimate of drug-likeness (QED) is 0.295. The third kappa shape index (κ3) is 6.15. The van der Waals surface area contributed by atoms with E-state index in [1.807, 2.05) is 84.9 Å². The highest BCUT2D eigenvalue weighted by Gasteiger charge is 2.22. The molecule has 8 nitrogen and oxygen atoms in total. The molecule has 5 rings (SSSR count). The third-order valence-corrected chi connectivity index (χ3v) is 6.02. The van der Waals surface area contributed by atoms with Crippen molar-refractivity contribution in [1.29, 1.82) is 0 Å². The molecule has 0 radical (unpaired) electrons. The topological polar surface area (TPSA) is 90.9 Å². The second-order valence-electron chi connectivity index (χ2n) is 8.64. The molecule has 1 aliphatic rings. The molecule has 38 heavy (non-hydrogen) atoms. The lowest BCUT2D eigenvalue weighted by atomic mass is 10.0. The molecule has 3 aromatic carbocycles. The normalized spacial score (nSPS) is 13.9. The van der Waals surface area contributed by atoms with E-state index < -0.39 is 0 Å². The lowest BCUT2D eigenvalue weighted by Gasteiger charge is -2.26. The van der Waals surface area contributed by atoms with Crippen LogP contribution in [0.2, 0.25) is 0 Å². The van der Waals surface area contributed by atoms with Gasteiger partial charge in [0.1, 0.15) is 36.6 Å². The minimum Gasteiger partial charge on any atom is -0.497 e. The zero-order chi connectivity index (χ0) is 26.2. The van der Waals surface area contributed by atoms with Crippen molar-refractivity contribution in [2.24, 2.45) is 0 Å². The summed E-state index contributed by atoms with van der Waals surface area (Å²) < 4.78 is 22.8. The van der Waals surface area contributed by atoms with E-state index in [4.69, 9.17) is 18.9 Å². The van der Waals surface area contributed by atoms with Gasteiger partial charge in [-0.05, 0) is 48.0 Å².